The number of amides is 1. The number of fused-ring (bicyclic) bond motifs is 2. The van der Waals surface area contributed by atoms with Crippen molar-refractivity contribution in [1.29, 1.82) is 0 Å². The minimum atomic E-state index is -0.0430. The third-order valence-corrected chi connectivity index (χ3v) is 8.03. The van der Waals surface area contributed by atoms with E-state index in [4.69, 9.17) is 14.7 Å². The molecule has 7 heteroatoms. The quantitative estimate of drug-likeness (QED) is 0.255. The Hall–Kier alpha value is -3.65. The average Bonchev–Trinajstić information content (AvgIpc) is 3.38. The van der Waals surface area contributed by atoms with E-state index < -0.39 is 0 Å². The summed E-state index contributed by atoms with van der Waals surface area (Å²) in [5.41, 5.74) is 5.35. The molecule has 0 spiro atoms. The van der Waals surface area contributed by atoms with Gasteiger partial charge in [0.2, 0.25) is 0 Å². The van der Waals surface area contributed by atoms with Gasteiger partial charge in [0, 0.05) is 37.1 Å². The van der Waals surface area contributed by atoms with Crippen LogP contribution >= 0.6 is 11.3 Å². The zero-order chi connectivity index (χ0) is 25.9. The molecule has 0 N–H and O–H groups in total. The van der Waals surface area contributed by atoms with Crippen LogP contribution in [0.2, 0.25) is 0 Å². The second-order valence-corrected chi connectivity index (χ2v) is 10.7. The normalized spacial score (nSPS) is 14.2. The summed E-state index contributed by atoms with van der Waals surface area (Å²) in [4.78, 5) is 28.5. The SMILES string of the molecule is Cc1ccc2nc(N(CCCN3CCOCC3)C(=O)c3cc(-c4ccccc4)nc4ccccc34)sc2c1. The fraction of sp³-hybridized carbons (Fsp3) is 0.258. The summed E-state index contributed by atoms with van der Waals surface area (Å²) in [5, 5.41) is 1.59. The van der Waals surface area contributed by atoms with Crippen LogP contribution in [0.15, 0.2) is 78.9 Å². The van der Waals surface area contributed by atoms with Crippen LogP contribution in [0.3, 0.4) is 0 Å². The first kappa shape index (κ1) is 24.7. The zero-order valence-electron chi connectivity index (χ0n) is 21.5. The van der Waals surface area contributed by atoms with Crippen molar-refractivity contribution in [1.82, 2.24) is 14.9 Å². The van der Waals surface area contributed by atoms with Gasteiger partial charge in [-0.1, -0.05) is 65.9 Å². The Bertz CT molecular complexity index is 1580. The van der Waals surface area contributed by atoms with Gasteiger partial charge in [-0.25, -0.2) is 9.97 Å². The van der Waals surface area contributed by atoms with Crippen LogP contribution < -0.4 is 4.90 Å². The van der Waals surface area contributed by atoms with Gasteiger partial charge in [0.15, 0.2) is 5.13 Å². The average molecular weight is 523 g/mol. The molecule has 192 valence electrons. The standard InChI is InChI=1S/C31H30N4O2S/c1-22-12-13-27-29(20-22)38-31(33-27)35(15-7-14-34-16-18-37-19-17-34)30(36)25-21-28(23-8-3-2-4-9-23)32-26-11-6-5-10-24(25)26/h2-6,8-13,20-21H,7,14-19H2,1H3. The van der Waals surface area contributed by atoms with Gasteiger partial charge >= 0.3 is 0 Å². The third kappa shape index (κ3) is 5.18. The maximum atomic E-state index is 14.4. The number of carbonyl (C=O) groups is 1. The van der Waals surface area contributed by atoms with E-state index in [1.54, 1.807) is 11.3 Å². The predicted octanol–water partition coefficient (Wildman–Crippen LogP) is 6.19. The van der Waals surface area contributed by atoms with E-state index in [1.807, 2.05) is 71.6 Å². The molecule has 0 unspecified atom stereocenters. The van der Waals surface area contributed by atoms with E-state index in [-0.39, 0.29) is 5.91 Å². The molecule has 0 saturated carbocycles. The Balaban J connectivity index is 1.39. The lowest BCUT2D eigenvalue weighted by Gasteiger charge is -2.28. The number of hydrogen-bond donors (Lipinski definition) is 0. The molecule has 1 fully saturated rings. The molecule has 1 aliphatic rings. The van der Waals surface area contributed by atoms with Crippen molar-refractivity contribution in [2.75, 3.05) is 44.3 Å². The van der Waals surface area contributed by atoms with Crippen LogP contribution in [0.1, 0.15) is 22.3 Å². The molecule has 2 aromatic heterocycles. The molecule has 6 nitrogen and oxygen atoms in total. The molecule has 0 aliphatic carbocycles. The lowest BCUT2D eigenvalue weighted by Crippen LogP contribution is -2.39. The van der Waals surface area contributed by atoms with Crippen molar-refractivity contribution in [3.63, 3.8) is 0 Å². The van der Waals surface area contributed by atoms with E-state index in [9.17, 15) is 4.79 Å². The number of aryl methyl sites for hydroxylation is 1. The summed E-state index contributed by atoms with van der Waals surface area (Å²) in [6.07, 6.45) is 0.856. The number of aromatic nitrogens is 2. The molecule has 1 saturated heterocycles. The molecule has 1 aliphatic heterocycles. The van der Waals surface area contributed by atoms with E-state index >= 15 is 0 Å². The summed E-state index contributed by atoms with van der Waals surface area (Å²) in [7, 11) is 0. The van der Waals surface area contributed by atoms with E-state index in [1.165, 1.54) is 5.56 Å². The van der Waals surface area contributed by atoms with Gasteiger partial charge in [-0.05, 0) is 43.2 Å². The highest BCUT2D eigenvalue weighted by molar-refractivity contribution is 7.22. The largest absolute Gasteiger partial charge is 0.379 e. The van der Waals surface area contributed by atoms with Crippen molar-refractivity contribution in [3.05, 3.63) is 90.0 Å². The number of pyridine rings is 1. The minimum Gasteiger partial charge on any atom is -0.379 e. The minimum absolute atomic E-state index is 0.0430. The fourth-order valence-corrected chi connectivity index (χ4v) is 6.04. The number of thiazole rings is 1. The second-order valence-electron chi connectivity index (χ2n) is 9.67. The van der Waals surface area contributed by atoms with Crippen molar-refractivity contribution in [2.24, 2.45) is 0 Å². The first-order valence-electron chi connectivity index (χ1n) is 13.1. The zero-order valence-corrected chi connectivity index (χ0v) is 22.3. The number of hydrogen-bond acceptors (Lipinski definition) is 6. The molecule has 6 rings (SSSR count). The molecule has 3 heterocycles. The van der Waals surface area contributed by atoms with Crippen molar-refractivity contribution in [3.8, 4) is 11.3 Å². The summed E-state index contributed by atoms with van der Waals surface area (Å²) in [6.45, 7) is 7.00. The van der Waals surface area contributed by atoms with Crippen LogP contribution in [0.25, 0.3) is 32.4 Å². The lowest BCUT2D eigenvalue weighted by atomic mass is 10.0. The van der Waals surface area contributed by atoms with Crippen LogP contribution in [-0.2, 0) is 4.74 Å². The van der Waals surface area contributed by atoms with Crippen LogP contribution in [-0.4, -0.2) is 60.2 Å². The van der Waals surface area contributed by atoms with Gasteiger partial charge in [0.05, 0.1) is 40.2 Å². The molecule has 0 atom stereocenters. The van der Waals surface area contributed by atoms with Crippen LogP contribution in [0.4, 0.5) is 5.13 Å². The Labute approximate surface area is 226 Å². The summed E-state index contributed by atoms with van der Waals surface area (Å²) in [5.74, 6) is -0.0430. The number of ether oxygens (including phenoxy) is 1. The monoisotopic (exact) mass is 522 g/mol. The topological polar surface area (TPSA) is 58.6 Å². The second kappa shape index (κ2) is 11.0. The molecule has 5 aromatic rings. The Kier molecular flexibility index (Phi) is 7.14. The Morgan fingerprint density at radius 1 is 0.947 bits per heavy atom. The number of morpholine rings is 1. The smallest absolute Gasteiger partial charge is 0.260 e. The summed E-state index contributed by atoms with van der Waals surface area (Å²) in [6, 6.07) is 26.1. The molecule has 3 aromatic carbocycles. The number of carbonyl (C=O) groups excluding carboxylic acids is 1. The summed E-state index contributed by atoms with van der Waals surface area (Å²) < 4.78 is 6.60. The number of benzene rings is 3. The van der Waals surface area contributed by atoms with Gasteiger partial charge in [-0.15, -0.1) is 0 Å². The third-order valence-electron chi connectivity index (χ3n) is 6.98. The van der Waals surface area contributed by atoms with Gasteiger partial charge in [0.25, 0.3) is 5.91 Å². The maximum absolute atomic E-state index is 14.4. The maximum Gasteiger partial charge on any atom is 0.260 e. The van der Waals surface area contributed by atoms with Crippen LogP contribution in [0, 0.1) is 6.92 Å². The number of anilines is 1. The van der Waals surface area contributed by atoms with Crippen molar-refractivity contribution in [2.45, 2.75) is 13.3 Å². The molecular formula is C31H30N4O2S. The number of rotatable bonds is 7. The van der Waals surface area contributed by atoms with E-state index in [0.29, 0.717) is 12.1 Å². The predicted molar refractivity (Wildman–Crippen MR) is 155 cm³/mol. The summed E-state index contributed by atoms with van der Waals surface area (Å²) >= 11 is 1.58. The first-order valence-corrected chi connectivity index (χ1v) is 13.9. The Morgan fingerprint density at radius 2 is 1.74 bits per heavy atom. The van der Waals surface area contributed by atoms with Gasteiger partial charge in [-0.2, -0.15) is 0 Å². The van der Waals surface area contributed by atoms with Crippen molar-refractivity contribution >= 4 is 43.5 Å². The highest BCUT2D eigenvalue weighted by Gasteiger charge is 2.24. The molecular weight excluding hydrogens is 492 g/mol. The lowest BCUT2D eigenvalue weighted by molar-refractivity contribution is 0.0376. The fourth-order valence-electron chi connectivity index (χ4n) is 4.95. The highest BCUT2D eigenvalue weighted by atomic mass is 32.1. The van der Waals surface area contributed by atoms with Crippen molar-refractivity contribution < 1.29 is 9.53 Å². The van der Waals surface area contributed by atoms with Gasteiger partial charge in [-0.3, -0.25) is 14.6 Å². The number of para-hydroxylation sites is 1. The molecule has 38 heavy (non-hydrogen) atoms. The Morgan fingerprint density at radius 3 is 2.58 bits per heavy atom. The van der Waals surface area contributed by atoms with Gasteiger partial charge < -0.3 is 4.74 Å². The van der Waals surface area contributed by atoms with Crippen LogP contribution in [0.5, 0.6) is 0 Å². The molecule has 1 amide bonds. The first-order chi connectivity index (χ1) is 18.7. The molecule has 0 bridgehead atoms. The van der Waals surface area contributed by atoms with Gasteiger partial charge in [0.1, 0.15) is 0 Å². The van der Waals surface area contributed by atoms with E-state index in [2.05, 4.69) is 24.0 Å². The molecule has 0 radical (unpaired) electrons. The number of nitrogens with zero attached hydrogens (tertiary/aromatic N) is 4. The van der Waals surface area contributed by atoms with E-state index in [0.717, 1.165) is 76.8 Å². The highest BCUT2D eigenvalue weighted by Crippen LogP contribution is 2.32.